The molecule has 1 aliphatic rings. The minimum absolute atomic E-state index is 0.0230. The minimum atomic E-state index is -4.57. The van der Waals surface area contributed by atoms with Crippen LogP contribution in [0.25, 0.3) is 16.9 Å². The van der Waals surface area contributed by atoms with Crippen LogP contribution < -0.4 is 25.7 Å². The van der Waals surface area contributed by atoms with Crippen LogP contribution in [0.4, 0.5) is 24.5 Å². The molecule has 1 amide bonds. The van der Waals surface area contributed by atoms with Crippen LogP contribution in [0.5, 0.6) is 5.88 Å². The zero-order valence-electron chi connectivity index (χ0n) is 22.1. The number of rotatable bonds is 7. The predicted molar refractivity (Wildman–Crippen MR) is 147 cm³/mol. The first-order chi connectivity index (χ1) is 19.6. The molecule has 0 saturated carbocycles. The van der Waals surface area contributed by atoms with Crippen molar-refractivity contribution in [1.29, 1.82) is 0 Å². The average Bonchev–Trinajstić information content (AvgIpc) is 3.41. The molecule has 216 valence electrons. The molecule has 4 heterocycles. The van der Waals surface area contributed by atoms with Gasteiger partial charge in [-0.2, -0.15) is 13.2 Å². The number of halogens is 4. The SMILES string of the molecule is CCc1c(N2CCNCC2)c(=O)c2nn(-c3ccnc(OC)c3)nc2n1CC(=O)Nc1ccc(C(F)(F)F)cc1Cl. The zero-order valence-corrected chi connectivity index (χ0v) is 22.9. The van der Waals surface area contributed by atoms with Gasteiger partial charge in [0.1, 0.15) is 12.2 Å². The number of alkyl halides is 3. The highest BCUT2D eigenvalue weighted by Crippen LogP contribution is 2.34. The highest BCUT2D eigenvalue weighted by Gasteiger charge is 2.31. The number of nitrogens with one attached hydrogen (secondary N) is 2. The van der Waals surface area contributed by atoms with E-state index in [0.29, 0.717) is 55.5 Å². The molecule has 15 heteroatoms. The lowest BCUT2D eigenvalue weighted by atomic mass is 10.1. The molecular formula is C26H26ClF3N8O3. The molecule has 3 aromatic heterocycles. The standard InChI is InChI=1S/C26H26ClF3N8O3/c1-3-19-23(36-10-8-31-9-11-36)24(40)22-25(35-38(34-22)16-6-7-32-21(13-16)41-2)37(19)14-20(39)33-18-5-4-15(12-17(18)27)26(28,29)30/h4-7,12-13,31H,3,8-11,14H2,1-2H3,(H,33,39). The summed E-state index contributed by atoms with van der Waals surface area (Å²) in [6, 6.07) is 5.94. The highest BCUT2D eigenvalue weighted by molar-refractivity contribution is 6.33. The largest absolute Gasteiger partial charge is 0.481 e. The Bertz CT molecular complexity index is 1660. The first-order valence-electron chi connectivity index (χ1n) is 12.8. The second kappa shape index (κ2) is 11.4. The van der Waals surface area contributed by atoms with Crippen molar-refractivity contribution < 1.29 is 22.7 Å². The Balaban J connectivity index is 1.60. The summed E-state index contributed by atoms with van der Waals surface area (Å²) in [5, 5.41) is 14.6. The summed E-state index contributed by atoms with van der Waals surface area (Å²) in [4.78, 5) is 34.4. The number of methoxy groups -OCH3 is 1. The Morgan fingerprint density at radius 1 is 1.17 bits per heavy atom. The van der Waals surface area contributed by atoms with E-state index in [2.05, 4.69) is 25.8 Å². The average molecular weight is 591 g/mol. The molecule has 4 aromatic rings. The maximum atomic E-state index is 13.8. The van der Waals surface area contributed by atoms with E-state index in [1.54, 1.807) is 16.7 Å². The molecule has 0 radical (unpaired) electrons. The topological polar surface area (TPSA) is 119 Å². The first kappa shape index (κ1) is 28.4. The third kappa shape index (κ3) is 5.70. The minimum Gasteiger partial charge on any atom is -0.481 e. The summed E-state index contributed by atoms with van der Waals surface area (Å²) in [6.45, 7) is 4.09. The van der Waals surface area contributed by atoms with Gasteiger partial charge >= 0.3 is 6.18 Å². The van der Waals surface area contributed by atoms with Gasteiger partial charge in [-0.1, -0.05) is 18.5 Å². The molecule has 11 nitrogen and oxygen atoms in total. The number of benzene rings is 1. The zero-order chi connectivity index (χ0) is 29.3. The Morgan fingerprint density at radius 3 is 2.59 bits per heavy atom. The summed E-state index contributed by atoms with van der Waals surface area (Å²) in [5.41, 5.74) is 0.520. The van der Waals surface area contributed by atoms with Gasteiger partial charge in [0.25, 0.3) is 0 Å². The second-order valence-corrected chi connectivity index (χ2v) is 9.67. The third-order valence-electron chi connectivity index (χ3n) is 6.68. The van der Waals surface area contributed by atoms with Gasteiger partial charge in [0.15, 0.2) is 11.2 Å². The van der Waals surface area contributed by atoms with E-state index >= 15 is 0 Å². The number of carbonyl (C=O) groups excluding carboxylic acids is 1. The number of piperazine rings is 1. The number of anilines is 2. The molecule has 2 N–H and O–H groups in total. The molecule has 41 heavy (non-hydrogen) atoms. The van der Waals surface area contributed by atoms with Gasteiger partial charge < -0.3 is 24.8 Å². The molecule has 1 fully saturated rings. The molecule has 0 bridgehead atoms. The molecule has 5 rings (SSSR count). The first-order valence-corrected chi connectivity index (χ1v) is 13.1. The van der Waals surface area contributed by atoms with E-state index < -0.39 is 17.6 Å². The fourth-order valence-corrected chi connectivity index (χ4v) is 4.97. The van der Waals surface area contributed by atoms with E-state index in [4.69, 9.17) is 16.3 Å². The lowest BCUT2D eigenvalue weighted by molar-refractivity contribution is -0.137. The van der Waals surface area contributed by atoms with Gasteiger partial charge in [-0.25, -0.2) is 4.98 Å². The van der Waals surface area contributed by atoms with Crippen LogP contribution in [-0.4, -0.2) is 63.7 Å². The third-order valence-corrected chi connectivity index (χ3v) is 6.99. The number of pyridine rings is 2. The smallest absolute Gasteiger partial charge is 0.416 e. The quantitative estimate of drug-likeness (QED) is 0.337. The molecule has 0 unspecified atom stereocenters. The number of ether oxygens (including phenoxy) is 1. The van der Waals surface area contributed by atoms with Gasteiger partial charge in [0, 0.05) is 44.1 Å². The summed E-state index contributed by atoms with van der Waals surface area (Å²) >= 11 is 6.06. The lowest BCUT2D eigenvalue weighted by Crippen LogP contribution is -2.46. The van der Waals surface area contributed by atoms with E-state index in [9.17, 15) is 22.8 Å². The van der Waals surface area contributed by atoms with Crippen LogP contribution in [0.1, 0.15) is 18.2 Å². The maximum Gasteiger partial charge on any atom is 0.416 e. The summed E-state index contributed by atoms with van der Waals surface area (Å²) in [5.74, 6) is -0.250. The number of carbonyl (C=O) groups is 1. The molecular weight excluding hydrogens is 565 g/mol. The number of nitrogens with zero attached hydrogens (tertiary/aromatic N) is 6. The molecule has 0 aliphatic carbocycles. The molecule has 1 saturated heterocycles. The highest BCUT2D eigenvalue weighted by atomic mass is 35.5. The van der Waals surface area contributed by atoms with E-state index in [1.165, 1.54) is 18.1 Å². The fourth-order valence-electron chi connectivity index (χ4n) is 4.75. The monoisotopic (exact) mass is 590 g/mol. The second-order valence-electron chi connectivity index (χ2n) is 9.26. The Morgan fingerprint density at radius 2 is 1.93 bits per heavy atom. The van der Waals surface area contributed by atoms with Crippen molar-refractivity contribution in [2.75, 3.05) is 43.5 Å². The fraction of sp³-hybridized carbons (Fsp3) is 0.346. The van der Waals surface area contributed by atoms with Crippen molar-refractivity contribution in [3.63, 3.8) is 0 Å². The number of hydrogen-bond acceptors (Lipinski definition) is 8. The normalized spacial score (nSPS) is 14.0. The van der Waals surface area contributed by atoms with Crippen LogP contribution >= 0.6 is 11.6 Å². The number of hydrogen-bond donors (Lipinski definition) is 2. The van der Waals surface area contributed by atoms with Crippen molar-refractivity contribution in [3.05, 3.63) is 63.0 Å². The van der Waals surface area contributed by atoms with Gasteiger partial charge in [0.2, 0.25) is 17.2 Å². The van der Waals surface area contributed by atoms with Crippen molar-refractivity contribution in [2.45, 2.75) is 26.1 Å². The Kier molecular flexibility index (Phi) is 7.87. The Labute approximate surface area is 236 Å². The number of aromatic nitrogens is 5. The number of fused-ring (bicyclic) bond motifs is 1. The molecule has 0 atom stereocenters. The van der Waals surface area contributed by atoms with Gasteiger partial charge in [-0.05, 0) is 30.7 Å². The summed E-state index contributed by atoms with van der Waals surface area (Å²) in [6.07, 6.45) is -2.66. The van der Waals surface area contributed by atoms with Crippen LogP contribution in [0.3, 0.4) is 0 Å². The van der Waals surface area contributed by atoms with Crippen LogP contribution in [0.15, 0.2) is 41.3 Å². The van der Waals surface area contributed by atoms with Crippen molar-refractivity contribution >= 4 is 40.0 Å². The van der Waals surface area contributed by atoms with E-state index in [1.807, 2.05) is 11.8 Å². The lowest BCUT2D eigenvalue weighted by Gasteiger charge is -2.31. The van der Waals surface area contributed by atoms with Gasteiger partial charge in [0.05, 0.1) is 29.1 Å². The van der Waals surface area contributed by atoms with Gasteiger partial charge in [-0.3, -0.25) is 9.59 Å². The number of amides is 1. The van der Waals surface area contributed by atoms with Crippen LogP contribution in [-0.2, 0) is 23.9 Å². The van der Waals surface area contributed by atoms with E-state index in [0.717, 1.165) is 18.2 Å². The summed E-state index contributed by atoms with van der Waals surface area (Å²) < 4.78 is 46.0. The molecule has 1 aliphatic heterocycles. The predicted octanol–water partition coefficient (Wildman–Crippen LogP) is 3.27. The Hall–Kier alpha value is -4.17. The maximum absolute atomic E-state index is 13.8. The van der Waals surface area contributed by atoms with Crippen LogP contribution in [0, 0.1) is 0 Å². The van der Waals surface area contributed by atoms with Crippen molar-refractivity contribution in [1.82, 2.24) is 29.9 Å². The van der Waals surface area contributed by atoms with Crippen molar-refractivity contribution in [2.24, 2.45) is 0 Å². The van der Waals surface area contributed by atoms with Gasteiger partial charge in [-0.15, -0.1) is 15.0 Å². The van der Waals surface area contributed by atoms with E-state index in [-0.39, 0.29) is 33.8 Å². The summed E-state index contributed by atoms with van der Waals surface area (Å²) in [7, 11) is 1.47. The van der Waals surface area contributed by atoms with Crippen LogP contribution in [0.2, 0.25) is 5.02 Å². The molecule has 1 aromatic carbocycles. The molecule has 0 spiro atoms. The van der Waals surface area contributed by atoms with Crippen molar-refractivity contribution in [3.8, 4) is 11.6 Å².